The highest BCUT2D eigenvalue weighted by Crippen LogP contribution is 2.33. The molecule has 0 aliphatic carbocycles. The monoisotopic (exact) mass is 425 g/mol. The summed E-state index contributed by atoms with van der Waals surface area (Å²) in [6, 6.07) is 26.3. The fourth-order valence-electron chi connectivity index (χ4n) is 4.50. The lowest BCUT2D eigenvalue weighted by atomic mass is 9.97. The van der Waals surface area contributed by atoms with Gasteiger partial charge in [-0.25, -0.2) is 4.39 Å². The molecule has 5 heteroatoms. The van der Waals surface area contributed by atoms with Crippen molar-refractivity contribution in [3.05, 3.63) is 113 Å². The SMILES string of the molecule is O=CC(c1ccccc1)N1CCc2c(c(-c3ccc(F)cc3)nn2Cc2ccccc2)C1. The molecule has 0 saturated carbocycles. The molecule has 1 unspecified atom stereocenters. The Morgan fingerprint density at radius 1 is 0.938 bits per heavy atom. The molecule has 0 spiro atoms. The number of hydrogen-bond donors (Lipinski definition) is 0. The maximum absolute atomic E-state index is 13.6. The Hall–Kier alpha value is -3.57. The largest absolute Gasteiger partial charge is 0.301 e. The van der Waals surface area contributed by atoms with Crippen LogP contribution in [0.4, 0.5) is 4.39 Å². The minimum Gasteiger partial charge on any atom is -0.301 e. The summed E-state index contributed by atoms with van der Waals surface area (Å²) in [6.07, 6.45) is 1.82. The molecule has 4 nitrogen and oxygen atoms in total. The van der Waals surface area contributed by atoms with Crippen LogP contribution in [0.3, 0.4) is 0 Å². The third kappa shape index (κ3) is 3.99. The summed E-state index contributed by atoms with van der Waals surface area (Å²) in [4.78, 5) is 14.3. The van der Waals surface area contributed by atoms with Crippen LogP contribution >= 0.6 is 0 Å². The van der Waals surface area contributed by atoms with Gasteiger partial charge in [0.2, 0.25) is 0 Å². The molecule has 1 aliphatic heterocycles. The third-order valence-electron chi connectivity index (χ3n) is 6.12. The smallest absolute Gasteiger partial charge is 0.141 e. The van der Waals surface area contributed by atoms with E-state index < -0.39 is 0 Å². The average Bonchev–Trinajstić information content (AvgIpc) is 3.19. The van der Waals surface area contributed by atoms with E-state index >= 15 is 0 Å². The van der Waals surface area contributed by atoms with Gasteiger partial charge in [-0.15, -0.1) is 0 Å². The van der Waals surface area contributed by atoms with E-state index in [9.17, 15) is 9.18 Å². The maximum Gasteiger partial charge on any atom is 0.141 e. The highest BCUT2D eigenvalue weighted by Gasteiger charge is 2.30. The molecule has 4 aromatic rings. The zero-order valence-electron chi connectivity index (χ0n) is 17.7. The molecule has 32 heavy (non-hydrogen) atoms. The molecule has 3 aromatic carbocycles. The molecule has 0 fully saturated rings. The van der Waals surface area contributed by atoms with Gasteiger partial charge in [-0.2, -0.15) is 5.10 Å². The van der Waals surface area contributed by atoms with Gasteiger partial charge in [0.15, 0.2) is 0 Å². The van der Waals surface area contributed by atoms with Gasteiger partial charge in [0.25, 0.3) is 0 Å². The van der Waals surface area contributed by atoms with E-state index in [-0.39, 0.29) is 11.9 Å². The first-order valence-corrected chi connectivity index (χ1v) is 10.9. The summed E-state index contributed by atoms with van der Waals surface area (Å²) in [7, 11) is 0. The van der Waals surface area contributed by atoms with Gasteiger partial charge < -0.3 is 4.79 Å². The highest BCUT2D eigenvalue weighted by molar-refractivity contribution is 5.66. The number of fused-ring (bicyclic) bond motifs is 1. The van der Waals surface area contributed by atoms with Gasteiger partial charge in [0.05, 0.1) is 18.3 Å². The van der Waals surface area contributed by atoms with Crippen LogP contribution in [0.2, 0.25) is 0 Å². The van der Waals surface area contributed by atoms with E-state index in [0.29, 0.717) is 13.1 Å². The van der Waals surface area contributed by atoms with Crippen molar-refractivity contribution in [2.24, 2.45) is 0 Å². The average molecular weight is 426 g/mol. The molecule has 0 N–H and O–H groups in total. The molecule has 2 heterocycles. The van der Waals surface area contributed by atoms with Gasteiger partial charge in [0.1, 0.15) is 12.1 Å². The van der Waals surface area contributed by atoms with Crippen LogP contribution < -0.4 is 0 Å². The van der Waals surface area contributed by atoms with Crippen LogP contribution in [-0.4, -0.2) is 27.5 Å². The van der Waals surface area contributed by atoms with Crippen LogP contribution in [-0.2, 0) is 24.3 Å². The Labute approximate surface area is 186 Å². The maximum atomic E-state index is 13.6. The first kappa shape index (κ1) is 20.3. The first-order chi connectivity index (χ1) is 15.7. The normalized spacial score (nSPS) is 14.7. The van der Waals surface area contributed by atoms with E-state index in [1.165, 1.54) is 23.4 Å². The summed E-state index contributed by atoms with van der Waals surface area (Å²) >= 11 is 0. The number of aromatic nitrogens is 2. The second-order valence-corrected chi connectivity index (χ2v) is 8.14. The Kier molecular flexibility index (Phi) is 5.65. The molecule has 0 bridgehead atoms. The highest BCUT2D eigenvalue weighted by atomic mass is 19.1. The molecule has 5 rings (SSSR count). The molecular formula is C27H24FN3O. The van der Waals surface area contributed by atoms with Crippen molar-refractivity contribution in [3.8, 4) is 11.3 Å². The summed E-state index contributed by atoms with van der Waals surface area (Å²) in [5, 5.41) is 4.96. The summed E-state index contributed by atoms with van der Waals surface area (Å²) in [6.45, 7) is 2.07. The van der Waals surface area contributed by atoms with Crippen LogP contribution in [0.1, 0.15) is 28.4 Å². The fourth-order valence-corrected chi connectivity index (χ4v) is 4.50. The van der Waals surface area contributed by atoms with Gasteiger partial charge in [-0.3, -0.25) is 9.58 Å². The lowest BCUT2D eigenvalue weighted by Gasteiger charge is -2.32. The van der Waals surface area contributed by atoms with Crippen LogP contribution in [0.25, 0.3) is 11.3 Å². The minimum absolute atomic E-state index is 0.266. The van der Waals surface area contributed by atoms with Crippen LogP contribution in [0.5, 0.6) is 0 Å². The number of carbonyl (C=O) groups is 1. The van der Waals surface area contributed by atoms with Crippen molar-refractivity contribution >= 4 is 6.29 Å². The predicted octanol–water partition coefficient (Wildman–Crippen LogP) is 5.04. The molecule has 0 amide bonds. The molecule has 0 radical (unpaired) electrons. The van der Waals surface area contributed by atoms with Gasteiger partial charge in [-0.1, -0.05) is 60.7 Å². The Balaban J connectivity index is 1.54. The van der Waals surface area contributed by atoms with E-state index in [4.69, 9.17) is 5.10 Å². The number of halogens is 1. The third-order valence-corrected chi connectivity index (χ3v) is 6.12. The number of benzene rings is 3. The zero-order chi connectivity index (χ0) is 21.9. The molecule has 1 aliphatic rings. The topological polar surface area (TPSA) is 38.1 Å². The summed E-state index contributed by atoms with van der Waals surface area (Å²) in [5.41, 5.74) is 6.22. The number of carbonyl (C=O) groups excluding carboxylic acids is 1. The van der Waals surface area contributed by atoms with Crippen LogP contribution in [0.15, 0.2) is 84.9 Å². The standard InChI is InChI=1S/C27H24FN3O/c28-23-13-11-22(12-14-23)27-24-18-30(26(19-32)21-9-5-2-6-10-21)16-15-25(24)31(29-27)17-20-7-3-1-4-8-20/h1-14,19,26H,15-18H2. The second-order valence-electron chi connectivity index (χ2n) is 8.14. The quantitative estimate of drug-likeness (QED) is 0.407. The van der Waals surface area contributed by atoms with E-state index in [2.05, 4.69) is 21.7 Å². The van der Waals surface area contributed by atoms with E-state index in [0.717, 1.165) is 41.6 Å². The van der Waals surface area contributed by atoms with Crippen molar-refractivity contribution in [2.75, 3.05) is 6.54 Å². The number of nitrogens with zero attached hydrogens (tertiary/aromatic N) is 3. The molecule has 0 saturated heterocycles. The van der Waals surface area contributed by atoms with Gasteiger partial charge in [-0.05, 0) is 35.4 Å². The van der Waals surface area contributed by atoms with Gasteiger partial charge >= 0.3 is 0 Å². The van der Waals surface area contributed by atoms with Crippen molar-refractivity contribution < 1.29 is 9.18 Å². The molecule has 1 atom stereocenters. The van der Waals surface area contributed by atoms with Gasteiger partial charge in [0, 0.05) is 36.3 Å². The van der Waals surface area contributed by atoms with Crippen molar-refractivity contribution in [3.63, 3.8) is 0 Å². The molecular weight excluding hydrogens is 401 g/mol. The zero-order valence-corrected chi connectivity index (χ0v) is 17.7. The van der Waals surface area contributed by atoms with E-state index in [1.54, 1.807) is 12.1 Å². The fraction of sp³-hybridized carbons (Fsp3) is 0.185. The molecule has 1 aromatic heterocycles. The lowest BCUT2D eigenvalue weighted by Crippen LogP contribution is -2.35. The van der Waals surface area contributed by atoms with Crippen LogP contribution in [0, 0.1) is 5.82 Å². The summed E-state index contributed by atoms with van der Waals surface area (Å²) in [5.74, 6) is -0.266. The van der Waals surface area contributed by atoms with Crippen molar-refractivity contribution in [2.45, 2.75) is 25.6 Å². The Morgan fingerprint density at radius 2 is 1.62 bits per heavy atom. The predicted molar refractivity (Wildman–Crippen MR) is 123 cm³/mol. The Morgan fingerprint density at radius 3 is 2.31 bits per heavy atom. The minimum atomic E-state index is -0.303. The van der Waals surface area contributed by atoms with E-state index in [1.807, 2.05) is 48.5 Å². The number of hydrogen-bond acceptors (Lipinski definition) is 3. The second kappa shape index (κ2) is 8.89. The first-order valence-electron chi connectivity index (χ1n) is 10.9. The Bertz CT molecular complexity index is 1200. The number of aldehydes is 1. The number of rotatable bonds is 6. The van der Waals surface area contributed by atoms with Crippen molar-refractivity contribution in [1.29, 1.82) is 0 Å². The lowest BCUT2D eigenvalue weighted by molar-refractivity contribution is -0.113. The molecule has 160 valence electrons. The summed E-state index contributed by atoms with van der Waals surface area (Å²) < 4.78 is 15.6. The van der Waals surface area contributed by atoms with Crippen molar-refractivity contribution in [1.82, 2.24) is 14.7 Å².